The van der Waals surface area contributed by atoms with Crippen LogP contribution < -0.4 is 16.0 Å². The fourth-order valence-electron chi connectivity index (χ4n) is 7.04. The number of carbonyl (C=O) groups excluding carboxylic acids is 3. The molecular weight excluding hydrogens is 548 g/mol. The predicted octanol–water partition coefficient (Wildman–Crippen LogP) is 2.37. The second-order valence-electron chi connectivity index (χ2n) is 12.0. The highest BCUT2D eigenvalue weighted by Crippen LogP contribution is 2.39. The molecule has 2 saturated heterocycles. The predicted molar refractivity (Wildman–Crippen MR) is 160 cm³/mol. The van der Waals surface area contributed by atoms with E-state index >= 15 is 0 Å². The number of carbonyl (C=O) groups is 3. The van der Waals surface area contributed by atoms with Crippen molar-refractivity contribution in [2.75, 3.05) is 57.8 Å². The zero-order chi connectivity index (χ0) is 29.4. The Labute approximate surface area is 250 Å². The molecule has 1 aromatic heterocycles. The number of nitrogens with one attached hydrogen (secondary N) is 4. The van der Waals surface area contributed by atoms with Crippen molar-refractivity contribution in [2.45, 2.75) is 43.8 Å². The molecule has 0 aliphatic carbocycles. The fraction of sp³-hybridized carbons (Fsp3) is 0.484. The number of piperidine rings is 1. The highest BCUT2D eigenvalue weighted by molar-refractivity contribution is 5.94. The highest BCUT2D eigenvalue weighted by atomic mass is 16.5. The molecule has 12 heteroatoms. The van der Waals surface area contributed by atoms with Gasteiger partial charge in [-0.25, -0.2) is 9.59 Å². The van der Waals surface area contributed by atoms with Gasteiger partial charge in [-0.1, -0.05) is 24.3 Å². The molecule has 1 spiro atoms. The van der Waals surface area contributed by atoms with Gasteiger partial charge in [-0.15, -0.1) is 0 Å². The number of likely N-dealkylation sites (tertiary alicyclic amines) is 1. The summed E-state index contributed by atoms with van der Waals surface area (Å²) in [7, 11) is 0. The van der Waals surface area contributed by atoms with Crippen molar-refractivity contribution in [3.8, 4) is 0 Å². The van der Waals surface area contributed by atoms with E-state index in [9.17, 15) is 14.4 Å². The van der Waals surface area contributed by atoms with Gasteiger partial charge in [-0.05, 0) is 48.9 Å². The Kier molecular flexibility index (Phi) is 7.39. The molecule has 2 fully saturated rings. The second-order valence-corrected chi connectivity index (χ2v) is 12.0. The molecule has 43 heavy (non-hydrogen) atoms. The van der Waals surface area contributed by atoms with Crippen molar-refractivity contribution in [1.82, 2.24) is 35.5 Å². The Morgan fingerprint density at radius 1 is 1.05 bits per heavy atom. The first-order valence-corrected chi connectivity index (χ1v) is 15.3. The summed E-state index contributed by atoms with van der Waals surface area (Å²) in [5, 5.41) is 17.5. The van der Waals surface area contributed by atoms with Crippen LogP contribution in [0.15, 0.2) is 42.6 Å². The molecule has 3 aromatic rings. The fourth-order valence-corrected chi connectivity index (χ4v) is 7.04. The van der Waals surface area contributed by atoms with E-state index in [0.29, 0.717) is 65.1 Å². The third kappa shape index (κ3) is 5.40. The first-order valence-electron chi connectivity index (χ1n) is 15.3. The van der Waals surface area contributed by atoms with Gasteiger partial charge < -0.3 is 30.5 Å². The summed E-state index contributed by atoms with van der Waals surface area (Å²) in [4.78, 5) is 46.1. The molecule has 0 bridgehead atoms. The number of hydrogen-bond donors (Lipinski definition) is 4. The monoisotopic (exact) mass is 586 g/mol. The van der Waals surface area contributed by atoms with Crippen molar-refractivity contribution in [3.63, 3.8) is 0 Å². The third-order valence-electron chi connectivity index (χ3n) is 9.53. The SMILES string of the molecule is O=C1Nc2ccccc2C2(CCN(C(=O)N[C@@H]3CCc4ccc5[nH]ncc5c4CN(CCN4CCOCC4)C3=O)CC2)N1. The van der Waals surface area contributed by atoms with Crippen LogP contribution >= 0.6 is 0 Å². The Hall–Kier alpha value is -4.16. The van der Waals surface area contributed by atoms with Crippen molar-refractivity contribution in [3.05, 3.63) is 59.3 Å². The number of benzene rings is 2. The maximum absolute atomic E-state index is 14.1. The number of H-pyrrole nitrogens is 1. The molecule has 5 heterocycles. The van der Waals surface area contributed by atoms with Gasteiger partial charge in [0.2, 0.25) is 5.91 Å². The molecule has 4 aliphatic heterocycles. The van der Waals surface area contributed by atoms with Crippen molar-refractivity contribution >= 4 is 34.6 Å². The lowest BCUT2D eigenvalue weighted by Gasteiger charge is -2.45. The minimum absolute atomic E-state index is 0.0548. The Morgan fingerprint density at radius 2 is 1.86 bits per heavy atom. The molecule has 0 radical (unpaired) electrons. The van der Waals surface area contributed by atoms with E-state index < -0.39 is 11.6 Å². The van der Waals surface area contributed by atoms with Crippen LogP contribution in [0, 0.1) is 0 Å². The number of ether oxygens (including phenoxy) is 1. The molecular formula is C31H38N8O4. The third-order valence-corrected chi connectivity index (χ3v) is 9.53. The molecule has 5 amide bonds. The Bertz CT molecular complexity index is 1520. The number of aromatic nitrogens is 2. The molecule has 0 unspecified atom stereocenters. The number of fused-ring (bicyclic) bond motifs is 5. The van der Waals surface area contributed by atoms with E-state index in [4.69, 9.17) is 4.74 Å². The normalized spacial score (nSPS) is 22.3. The first-order chi connectivity index (χ1) is 21.0. The number of amides is 5. The van der Waals surface area contributed by atoms with Crippen molar-refractivity contribution < 1.29 is 19.1 Å². The van der Waals surface area contributed by atoms with Crippen LogP contribution in [-0.2, 0) is 28.0 Å². The molecule has 12 nitrogen and oxygen atoms in total. The van der Waals surface area contributed by atoms with Gasteiger partial charge >= 0.3 is 12.1 Å². The van der Waals surface area contributed by atoms with Crippen molar-refractivity contribution in [1.29, 1.82) is 0 Å². The number of para-hydroxylation sites is 1. The molecule has 4 aliphatic rings. The van der Waals surface area contributed by atoms with E-state index in [1.165, 1.54) is 5.56 Å². The van der Waals surface area contributed by atoms with E-state index in [1.54, 1.807) is 4.90 Å². The quantitative estimate of drug-likeness (QED) is 0.371. The number of aromatic amines is 1. The van der Waals surface area contributed by atoms with Gasteiger partial charge in [0.15, 0.2) is 0 Å². The summed E-state index contributed by atoms with van der Waals surface area (Å²) in [6, 6.07) is 10.9. The molecule has 0 saturated carbocycles. The number of rotatable bonds is 4. The van der Waals surface area contributed by atoms with Crippen LogP contribution in [0.2, 0.25) is 0 Å². The zero-order valence-corrected chi connectivity index (χ0v) is 24.2. The lowest BCUT2D eigenvalue weighted by Crippen LogP contribution is -2.60. The van der Waals surface area contributed by atoms with Crippen LogP contribution in [0.5, 0.6) is 0 Å². The Balaban J connectivity index is 1.07. The molecule has 2 aromatic carbocycles. The van der Waals surface area contributed by atoms with Crippen LogP contribution in [0.3, 0.4) is 0 Å². The smallest absolute Gasteiger partial charge is 0.319 e. The average molecular weight is 587 g/mol. The van der Waals surface area contributed by atoms with Gasteiger partial charge in [-0.2, -0.15) is 5.10 Å². The van der Waals surface area contributed by atoms with E-state index in [-0.39, 0.29) is 18.0 Å². The van der Waals surface area contributed by atoms with Crippen molar-refractivity contribution in [2.24, 2.45) is 0 Å². The molecule has 4 N–H and O–H groups in total. The minimum atomic E-state index is -0.624. The minimum Gasteiger partial charge on any atom is -0.379 e. The van der Waals surface area contributed by atoms with Gasteiger partial charge in [0.25, 0.3) is 0 Å². The number of anilines is 1. The number of hydrogen-bond acceptors (Lipinski definition) is 6. The average Bonchev–Trinajstić information content (AvgIpc) is 3.51. The summed E-state index contributed by atoms with van der Waals surface area (Å²) in [6.45, 7) is 5.85. The van der Waals surface area contributed by atoms with E-state index in [2.05, 4.69) is 37.1 Å². The summed E-state index contributed by atoms with van der Waals surface area (Å²) < 4.78 is 5.50. The number of aryl methyl sites for hydroxylation is 1. The van der Waals surface area contributed by atoms with Gasteiger partial charge in [0.05, 0.1) is 30.5 Å². The summed E-state index contributed by atoms with van der Waals surface area (Å²) in [5.41, 5.74) is 4.61. The maximum atomic E-state index is 14.1. The molecule has 226 valence electrons. The zero-order valence-electron chi connectivity index (χ0n) is 24.2. The van der Waals surface area contributed by atoms with Crippen LogP contribution in [0.1, 0.15) is 36.0 Å². The van der Waals surface area contributed by atoms with E-state index in [1.807, 2.05) is 41.4 Å². The van der Waals surface area contributed by atoms with Crippen LogP contribution in [0.25, 0.3) is 10.9 Å². The van der Waals surface area contributed by atoms with Crippen LogP contribution in [-0.4, -0.2) is 101 Å². The topological polar surface area (TPSA) is 135 Å². The van der Waals surface area contributed by atoms with E-state index in [0.717, 1.165) is 47.4 Å². The second kappa shape index (κ2) is 11.5. The highest BCUT2D eigenvalue weighted by Gasteiger charge is 2.43. The largest absolute Gasteiger partial charge is 0.379 e. The Morgan fingerprint density at radius 3 is 2.70 bits per heavy atom. The van der Waals surface area contributed by atoms with Crippen LogP contribution in [0.4, 0.5) is 15.3 Å². The number of morpholine rings is 1. The van der Waals surface area contributed by atoms with Gasteiger partial charge in [-0.3, -0.25) is 14.8 Å². The van der Waals surface area contributed by atoms with Gasteiger partial charge in [0.1, 0.15) is 6.04 Å². The first kappa shape index (κ1) is 27.7. The lowest BCUT2D eigenvalue weighted by molar-refractivity contribution is -0.134. The standard InChI is InChI=1S/C31H38N8O4/c40-28-27(34-30(42)38-11-9-31(10-12-38)24-3-1-2-4-26(24)33-29(41)35-31)8-6-21-5-7-25-22(19-32-36-25)23(21)20-39(28)14-13-37-15-17-43-18-16-37/h1-5,7,19,27H,6,8-18,20H2,(H,32,36)(H,34,42)(H2,33,35,41)/t27-/m1/s1. The summed E-state index contributed by atoms with van der Waals surface area (Å²) >= 11 is 0. The molecule has 7 rings (SSSR count). The molecule has 1 atom stereocenters. The lowest BCUT2D eigenvalue weighted by atomic mass is 9.79. The summed E-state index contributed by atoms with van der Waals surface area (Å²) in [6.07, 6.45) is 4.24. The maximum Gasteiger partial charge on any atom is 0.319 e. The number of nitrogens with zero attached hydrogens (tertiary/aromatic N) is 4. The summed E-state index contributed by atoms with van der Waals surface area (Å²) in [5.74, 6) is -0.0548. The van der Waals surface area contributed by atoms with Gasteiger partial charge in [0, 0.05) is 62.5 Å². The number of urea groups is 2.